The molecule has 0 unspecified atom stereocenters. The molecule has 0 spiro atoms. The molecule has 0 aliphatic heterocycles. The fourth-order valence-corrected chi connectivity index (χ4v) is 2.09. The van der Waals surface area contributed by atoms with E-state index in [1.54, 1.807) is 20.8 Å². The van der Waals surface area contributed by atoms with E-state index in [-0.39, 0.29) is 17.2 Å². The van der Waals surface area contributed by atoms with Crippen LogP contribution in [0.5, 0.6) is 0 Å². The monoisotopic (exact) mass is 313 g/mol. The summed E-state index contributed by atoms with van der Waals surface area (Å²) in [6.45, 7) is 4.95. The van der Waals surface area contributed by atoms with Crippen molar-refractivity contribution in [2.45, 2.75) is 31.3 Å². The van der Waals surface area contributed by atoms with Gasteiger partial charge in [-0.25, -0.2) is 13.2 Å². The van der Waals surface area contributed by atoms with Crippen LogP contribution in [0.1, 0.15) is 31.1 Å². The van der Waals surface area contributed by atoms with Crippen LogP contribution in [-0.2, 0) is 14.6 Å². The molecule has 0 saturated heterocycles. The predicted molar refractivity (Wildman–Crippen MR) is 78.1 cm³/mol. The number of ketones is 1. The summed E-state index contributed by atoms with van der Waals surface area (Å²) in [5, 5.41) is 2.35. The molecule has 21 heavy (non-hydrogen) atoms. The minimum Gasteiger partial charge on any atom is -0.444 e. The fourth-order valence-electron chi connectivity index (χ4n) is 1.46. The van der Waals surface area contributed by atoms with Gasteiger partial charge in [-0.3, -0.25) is 4.79 Å². The topological polar surface area (TPSA) is 89.5 Å². The van der Waals surface area contributed by atoms with Crippen LogP contribution in [0.15, 0.2) is 29.2 Å². The van der Waals surface area contributed by atoms with Gasteiger partial charge in [0.15, 0.2) is 15.6 Å². The highest BCUT2D eigenvalue weighted by Crippen LogP contribution is 2.11. The molecule has 0 aliphatic rings. The smallest absolute Gasteiger partial charge is 0.408 e. The van der Waals surface area contributed by atoms with Crippen LogP contribution in [0.2, 0.25) is 0 Å². The second kappa shape index (κ2) is 6.26. The fraction of sp³-hybridized carbons (Fsp3) is 0.429. The molecule has 1 amide bonds. The molecule has 1 N–H and O–H groups in total. The van der Waals surface area contributed by atoms with E-state index in [1.807, 2.05) is 0 Å². The number of carbonyl (C=O) groups is 2. The summed E-state index contributed by atoms with van der Waals surface area (Å²) in [6, 6.07) is 5.54. The van der Waals surface area contributed by atoms with E-state index in [0.29, 0.717) is 5.56 Å². The van der Waals surface area contributed by atoms with Crippen molar-refractivity contribution in [3.05, 3.63) is 29.8 Å². The molecule has 0 bridgehead atoms. The second-order valence-corrected chi connectivity index (χ2v) is 7.59. The molecular weight excluding hydrogens is 294 g/mol. The molecule has 0 aliphatic carbocycles. The van der Waals surface area contributed by atoms with Crippen LogP contribution in [-0.4, -0.2) is 38.7 Å². The Kier molecular flexibility index (Phi) is 5.11. The third-order valence-electron chi connectivity index (χ3n) is 2.40. The van der Waals surface area contributed by atoms with E-state index in [2.05, 4.69) is 5.32 Å². The summed E-state index contributed by atoms with van der Waals surface area (Å²) in [4.78, 5) is 23.4. The van der Waals surface area contributed by atoms with Crippen LogP contribution in [0.4, 0.5) is 4.79 Å². The predicted octanol–water partition coefficient (Wildman–Crippen LogP) is 1.80. The van der Waals surface area contributed by atoms with Gasteiger partial charge in [0.25, 0.3) is 0 Å². The zero-order valence-electron chi connectivity index (χ0n) is 12.5. The van der Waals surface area contributed by atoms with E-state index in [4.69, 9.17) is 4.74 Å². The molecule has 0 aromatic heterocycles. The van der Waals surface area contributed by atoms with Gasteiger partial charge in [0.05, 0.1) is 11.4 Å². The van der Waals surface area contributed by atoms with Gasteiger partial charge in [0.2, 0.25) is 0 Å². The van der Waals surface area contributed by atoms with Gasteiger partial charge in [-0.1, -0.05) is 12.1 Å². The number of sulfone groups is 1. The maximum atomic E-state index is 11.9. The Labute approximate surface area is 124 Å². The summed E-state index contributed by atoms with van der Waals surface area (Å²) in [5.41, 5.74) is -0.317. The number of alkyl carbamates (subject to hydrolysis) is 1. The molecule has 1 aromatic rings. The Morgan fingerprint density at radius 2 is 1.67 bits per heavy atom. The lowest BCUT2D eigenvalue weighted by molar-refractivity contribution is 0.0520. The zero-order chi connectivity index (χ0) is 16.3. The standard InChI is InChI=1S/C14H19NO5S/c1-14(2,3)20-13(17)15-9-12(16)10-5-7-11(8-6-10)21(4,18)19/h5-8H,9H2,1-4H3,(H,15,17). The van der Waals surface area contributed by atoms with Crippen LogP contribution < -0.4 is 5.32 Å². The lowest BCUT2D eigenvalue weighted by Gasteiger charge is -2.19. The molecule has 6 nitrogen and oxygen atoms in total. The van der Waals surface area contributed by atoms with Crippen molar-refractivity contribution in [3.8, 4) is 0 Å². The largest absolute Gasteiger partial charge is 0.444 e. The average Bonchev–Trinajstić information content (AvgIpc) is 2.33. The maximum Gasteiger partial charge on any atom is 0.408 e. The van der Waals surface area contributed by atoms with Crippen molar-refractivity contribution in [2.24, 2.45) is 0 Å². The summed E-state index contributed by atoms with van der Waals surface area (Å²) >= 11 is 0. The zero-order valence-corrected chi connectivity index (χ0v) is 13.3. The van der Waals surface area contributed by atoms with Crippen molar-refractivity contribution in [1.29, 1.82) is 0 Å². The van der Waals surface area contributed by atoms with Crippen LogP contribution in [0.25, 0.3) is 0 Å². The quantitative estimate of drug-likeness (QED) is 0.856. The summed E-state index contributed by atoms with van der Waals surface area (Å²) in [5.74, 6) is -0.332. The summed E-state index contributed by atoms with van der Waals surface area (Å²) in [7, 11) is -3.29. The Hall–Kier alpha value is -1.89. The second-order valence-electron chi connectivity index (χ2n) is 5.58. The summed E-state index contributed by atoms with van der Waals surface area (Å²) in [6.07, 6.45) is 0.414. The molecule has 1 rings (SSSR count). The van der Waals surface area contributed by atoms with Gasteiger partial charge >= 0.3 is 6.09 Å². The molecule has 0 heterocycles. The normalized spacial score (nSPS) is 11.8. The first-order valence-corrected chi connectivity index (χ1v) is 8.18. The number of hydrogen-bond donors (Lipinski definition) is 1. The first-order chi connectivity index (χ1) is 9.49. The number of carbonyl (C=O) groups excluding carboxylic acids is 2. The van der Waals surface area contributed by atoms with Crippen molar-refractivity contribution in [1.82, 2.24) is 5.32 Å². The highest BCUT2D eigenvalue weighted by Gasteiger charge is 2.17. The average molecular weight is 313 g/mol. The highest BCUT2D eigenvalue weighted by atomic mass is 32.2. The van der Waals surface area contributed by atoms with Crippen molar-refractivity contribution < 1.29 is 22.7 Å². The van der Waals surface area contributed by atoms with Crippen LogP contribution in [0, 0.1) is 0 Å². The Bertz CT molecular complexity index is 626. The molecule has 7 heteroatoms. The van der Waals surface area contributed by atoms with Crippen LogP contribution in [0.3, 0.4) is 0 Å². The van der Waals surface area contributed by atoms with E-state index < -0.39 is 21.5 Å². The number of benzene rings is 1. The molecule has 0 saturated carbocycles. The van der Waals surface area contributed by atoms with Crippen LogP contribution >= 0.6 is 0 Å². The van der Waals surface area contributed by atoms with E-state index in [0.717, 1.165) is 6.26 Å². The molecule has 1 aromatic carbocycles. The number of nitrogens with one attached hydrogen (secondary N) is 1. The van der Waals surface area contributed by atoms with E-state index >= 15 is 0 Å². The van der Waals surface area contributed by atoms with Crippen molar-refractivity contribution in [3.63, 3.8) is 0 Å². The number of rotatable bonds is 4. The molecule has 0 fully saturated rings. The minimum absolute atomic E-state index is 0.138. The Morgan fingerprint density at radius 3 is 2.10 bits per heavy atom. The van der Waals surface area contributed by atoms with Gasteiger partial charge in [-0.2, -0.15) is 0 Å². The first-order valence-electron chi connectivity index (χ1n) is 6.29. The SMILES string of the molecule is CC(C)(C)OC(=O)NCC(=O)c1ccc(S(C)(=O)=O)cc1. The third kappa shape index (κ3) is 5.95. The molecule has 0 radical (unpaired) electrons. The summed E-state index contributed by atoms with van der Waals surface area (Å²) < 4.78 is 27.6. The number of amides is 1. The lowest BCUT2D eigenvalue weighted by Crippen LogP contribution is -2.35. The van der Waals surface area contributed by atoms with Gasteiger partial charge in [-0.05, 0) is 32.9 Å². The Balaban J connectivity index is 2.63. The van der Waals surface area contributed by atoms with Crippen molar-refractivity contribution >= 4 is 21.7 Å². The minimum atomic E-state index is -3.29. The number of Topliss-reactive ketones (excluding diaryl/α,β-unsaturated/α-hetero) is 1. The number of hydrogen-bond acceptors (Lipinski definition) is 5. The molecular formula is C14H19NO5S. The third-order valence-corrected chi connectivity index (χ3v) is 3.53. The first kappa shape index (κ1) is 17.2. The van der Waals surface area contributed by atoms with Gasteiger partial charge in [0.1, 0.15) is 5.60 Å². The van der Waals surface area contributed by atoms with E-state index in [1.165, 1.54) is 24.3 Å². The van der Waals surface area contributed by atoms with Gasteiger partial charge in [-0.15, -0.1) is 0 Å². The number of ether oxygens (including phenoxy) is 1. The Morgan fingerprint density at radius 1 is 1.14 bits per heavy atom. The van der Waals surface area contributed by atoms with Crippen molar-refractivity contribution in [2.75, 3.05) is 12.8 Å². The highest BCUT2D eigenvalue weighted by molar-refractivity contribution is 7.90. The van der Waals surface area contributed by atoms with Gasteiger partial charge in [0, 0.05) is 11.8 Å². The van der Waals surface area contributed by atoms with Gasteiger partial charge < -0.3 is 10.1 Å². The molecule has 116 valence electrons. The molecule has 0 atom stereocenters. The maximum absolute atomic E-state index is 11.9. The van der Waals surface area contributed by atoms with E-state index in [9.17, 15) is 18.0 Å². The lowest BCUT2D eigenvalue weighted by atomic mass is 10.1.